The van der Waals surface area contributed by atoms with Gasteiger partial charge in [0.2, 0.25) is 0 Å². The lowest BCUT2D eigenvalue weighted by Crippen LogP contribution is -1.94. The molecule has 0 fully saturated rings. The summed E-state index contributed by atoms with van der Waals surface area (Å²) >= 11 is 3.66. The Morgan fingerprint density at radius 3 is 2.10 bits per heavy atom. The van der Waals surface area contributed by atoms with Gasteiger partial charge in [0.1, 0.15) is 5.52 Å². The summed E-state index contributed by atoms with van der Waals surface area (Å²) in [5.74, 6) is 0. The second-order valence-electron chi connectivity index (χ2n) is 10.7. The van der Waals surface area contributed by atoms with Crippen molar-refractivity contribution in [1.82, 2.24) is 9.55 Å². The molecule has 0 radical (unpaired) electrons. The average molecular weight is 573 g/mol. The molecule has 196 valence electrons. The van der Waals surface area contributed by atoms with Gasteiger partial charge >= 0.3 is 6.01 Å². The molecule has 6 aromatic carbocycles. The van der Waals surface area contributed by atoms with Crippen molar-refractivity contribution in [1.29, 1.82) is 0 Å². The quantitative estimate of drug-likeness (QED) is 0.206. The molecule has 0 aliphatic heterocycles. The highest BCUT2D eigenvalue weighted by atomic mass is 32.1. The van der Waals surface area contributed by atoms with Crippen LogP contribution in [0.2, 0.25) is 0 Å². The molecule has 0 spiro atoms. The Bertz CT molecular complexity index is 2690. The summed E-state index contributed by atoms with van der Waals surface area (Å²) in [5.41, 5.74) is 6.30. The number of aromatic nitrogens is 2. The smallest absolute Gasteiger partial charge is 0.307 e. The molecule has 0 amide bonds. The topological polar surface area (TPSA) is 31.0 Å². The third-order valence-corrected chi connectivity index (χ3v) is 10.8. The van der Waals surface area contributed by atoms with Gasteiger partial charge in [-0.1, -0.05) is 91.0 Å². The van der Waals surface area contributed by atoms with E-state index in [0.717, 1.165) is 27.5 Å². The molecular weight excluding hydrogens is 553 g/mol. The number of benzene rings is 6. The Labute approximate surface area is 247 Å². The van der Waals surface area contributed by atoms with Gasteiger partial charge in [0.15, 0.2) is 5.58 Å². The van der Waals surface area contributed by atoms with Crippen LogP contribution in [0.3, 0.4) is 0 Å². The number of rotatable bonds is 2. The Hall–Kier alpha value is -4.97. The van der Waals surface area contributed by atoms with Gasteiger partial charge < -0.3 is 4.42 Å². The number of para-hydroxylation sites is 1. The minimum Gasteiger partial charge on any atom is -0.423 e. The van der Waals surface area contributed by atoms with Crippen LogP contribution in [-0.2, 0) is 0 Å². The van der Waals surface area contributed by atoms with Gasteiger partial charge in [0.05, 0.1) is 11.0 Å². The van der Waals surface area contributed by atoms with E-state index in [1.807, 2.05) is 22.7 Å². The predicted octanol–water partition coefficient (Wildman–Crippen LogP) is 11.3. The number of oxazole rings is 1. The highest BCUT2D eigenvalue weighted by Gasteiger charge is 2.23. The molecule has 42 heavy (non-hydrogen) atoms. The molecule has 4 aromatic heterocycles. The summed E-state index contributed by atoms with van der Waals surface area (Å²) in [5, 5.41) is 7.30. The van der Waals surface area contributed by atoms with Crippen LogP contribution in [0, 0.1) is 0 Å². The van der Waals surface area contributed by atoms with Crippen molar-refractivity contribution in [2.75, 3.05) is 0 Å². The third-order valence-electron chi connectivity index (χ3n) is 8.45. The van der Waals surface area contributed by atoms with Crippen LogP contribution in [0.25, 0.3) is 90.4 Å². The van der Waals surface area contributed by atoms with E-state index in [1.165, 1.54) is 56.9 Å². The van der Waals surface area contributed by atoms with Crippen LogP contribution in [0.5, 0.6) is 0 Å². The maximum atomic E-state index is 6.81. The van der Waals surface area contributed by atoms with Crippen LogP contribution in [0.4, 0.5) is 0 Å². The standard InChI is InChI=1S/C37H20N2OS2/c1-2-10-21(11-3-1)26-20-28-34(33-25-14-6-9-17-30(25)42-36(26)33)38-37(40-28)39-27-15-7-4-12-22(27)23-18-19-31-32(35(23)39)24-13-5-8-16-29(24)41-31/h1-20H. The van der Waals surface area contributed by atoms with E-state index in [1.54, 1.807) is 0 Å². The van der Waals surface area contributed by atoms with Crippen LogP contribution < -0.4 is 0 Å². The molecule has 0 aliphatic carbocycles. The summed E-state index contributed by atoms with van der Waals surface area (Å²) in [7, 11) is 0. The molecule has 0 N–H and O–H groups in total. The minimum absolute atomic E-state index is 0.598. The molecule has 0 bridgehead atoms. The Morgan fingerprint density at radius 2 is 1.26 bits per heavy atom. The summed E-state index contributed by atoms with van der Waals surface area (Å²) < 4.78 is 14.1. The van der Waals surface area contributed by atoms with E-state index in [4.69, 9.17) is 9.40 Å². The number of hydrogen-bond acceptors (Lipinski definition) is 4. The maximum absolute atomic E-state index is 6.81. The molecule has 0 atom stereocenters. The summed E-state index contributed by atoms with van der Waals surface area (Å²) in [4.78, 5) is 5.32. The third kappa shape index (κ3) is 2.96. The lowest BCUT2D eigenvalue weighted by atomic mass is 10.0. The highest BCUT2D eigenvalue weighted by molar-refractivity contribution is 7.26. The van der Waals surface area contributed by atoms with Crippen LogP contribution in [0.1, 0.15) is 0 Å². The Kier molecular flexibility index (Phi) is 4.48. The van der Waals surface area contributed by atoms with E-state index in [-0.39, 0.29) is 0 Å². The SMILES string of the molecule is c1ccc(-c2cc3oc(-n4c5ccccc5c5ccc6sc7ccccc7c6c54)nc3c3c2sc2ccccc23)cc1. The number of hydrogen-bond donors (Lipinski definition) is 0. The molecule has 4 heterocycles. The average Bonchev–Trinajstić information content (AvgIpc) is 3.80. The van der Waals surface area contributed by atoms with E-state index < -0.39 is 0 Å². The molecule has 3 nitrogen and oxygen atoms in total. The van der Waals surface area contributed by atoms with Crippen molar-refractivity contribution in [3.63, 3.8) is 0 Å². The first-order valence-electron chi connectivity index (χ1n) is 14.0. The van der Waals surface area contributed by atoms with E-state index >= 15 is 0 Å². The zero-order valence-corrected chi connectivity index (χ0v) is 23.8. The molecule has 10 aromatic rings. The molecular formula is C37H20N2OS2. The first-order chi connectivity index (χ1) is 20.8. The van der Waals surface area contributed by atoms with Crippen molar-refractivity contribution in [2.45, 2.75) is 0 Å². The molecule has 5 heteroatoms. The zero-order chi connectivity index (χ0) is 27.4. The Balaban J connectivity index is 1.39. The van der Waals surface area contributed by atoms with Crippen molar-refractivity contribution < 1.29 is 4.42 Å². The number of fused-ring (bicyclic) bond motifs is 12. The van der Waals surface area contributed by atoms with Gasteiger partial charge in [0, 0.05) is 56.7 Å². The lowest BCUT2D eigenvalue weighted by Gasteiger charge is -2.04. The lowest BCUT2D eigenvalue weighted by molar-refractivity contribution is 0.575. The van der Waals surface area contributed by atoms with E-state index in [2.05, 4.69) is 126 Å². The van der Waals surface area contributed by atoms with Crippen LogP contribution in [0.15, 0.2) is 126 Å². The van der Waals surface area contributed by atoms with Crippen LogP contribution >= 0.6 is 22.7 Å². The summed E-state index contributed by atoms with van der Waals surface area (Å²) in [6.07, 6.45) is 0. The van der Waals surface area contributed by atoms with Gasteiger partial charge in [-0.25, -0.2) is 0 Å². The summed E-state index contributed by atoms with van der Waals surface area (Å²) in [6.45, 7) is 0. The second kappa shape index (κ2) is 8.29. The van der Waals surface area contributed by atoms with Crippen molar-refractivity contribution in [2.24, 2.45) is 0 Å². The second-order valence-corrected chi connectivity index (χ2v) is 12.9. The monoisotopic (exact) mass is 572 g/mol. The highest BCUT2D eigenvalue weighted by Crippen LogP contribution is 2.46. The van der Waals surface area contributed by atoms with E-state index in [9.17, 15) is 0 Å². The van der Waals surface area contributed by atoms with Crippen molar-refractivity contribution in [3.8, 4) is 17.1 Å². The minimum atomic E-state index is 0.598. The largest absolute Gasteiger partial charge is 0.423 e. The number of thiophene rings is 2. The van der Waals surface area contributed by atoms with Crippen LogP contribution in [-0.4, -0.2) is 9.55 Å². The fourth-order valence-electron chi connectivity index (χ4n) is 6.66. The molecule has 0 saturated carbocycles. The number of nitrogens with zero attached hydrogens (tertiary/aromatic N) is 2. The van der Waals surface area contributed by atoms with Gasteiger partial charge in [0.25, 0.3) is 0 Å². The van der Waals surface area contributed by atoms with Gasteiger partial charge in [-0.05, 0) is 35.9 Å². The van der Waals surface area contributed by atoms with Gasteiger partial charge in [-0.2, -0.15) is 4.98 Å². The first kappa shape index (κ1) is 22.7. The molecule has 0 saturated heterocycles. The summed E-state index contributed by atoms with van der Waals surface area (Å²) in [6, 6.07) is 43.8. The molecule has 0 unspecified atom stereocenters. The maximum Gasteiger partial charge on any atom is 0.307 e. The Morgan fingerprint density at radius 1 is 0.571 bits per heavy atom. The molecule has 0 aliphatic rings. The van der Waals surface area contributed by atoms with E-state index in [0.29, 0.717) is 6.01 Å². The van der Waals surface area contributed by atoms with Crippen molar-refractivity contribution in [3.05, 3.63) is 121 Å². The molecule has 10 rings (SSSR count). The fourth-order valence-corrected chi connectivity index (χ4v) is 9.01. The zero-order valence-electron chi connectivity index (χ0n) is 22.2. The van der Waals surface area contributed by atoms with Gasteiger partial charge in [-0.15, -0.1) is 22.7 Å². The van der Waals surface area contributed by atoms with Gasteiger partial charge in [-0.3, -0.25) is 4.57 Å². The fraction of sp³-hybridized carbons (Fsp3) is 0. The van der Waals surface area contributed by atoms with Crippen molar-refractivity contribution >= 4 is 95.9 Å². The predicted molar refractivity (Wildman–Crippen MR) is 180 cm³/mol. The normalized spacial score (nSPS) is 12.3. The first-order valence-corrected chi connectivity index (χ1v) is 15.6.